The number of rotatable bonds is 1. The van der Waals surface area contributed by atoms with Crippen molar-refractivity contribution in [1.82, 2.24) is 0 Å². The molecule has 0 bridgehead atoms. The van der Waals surface area contributed by atoms with E-state index in [1.54, 1.807) is 30.3 Å². The molecule has 0 saturated heterocycles. The molecule has 75 valence electrons. The lowest BCUT2D eigenvalue weighted by atomic mass is 10.1. The molecule has 0 N–H and O–H groups in total. The number of benzene rings is 2. The van der Waals surface area contributed by atoms with Crippen molar-refractivity contribution >= 4 is 23.2 Å². The normalized spacial score (nSPS) is 10.3. The standard InChI is InChI=1S/C12H6Cl2F/c13-8-5-6-9(11(14)7-8)10-3-1-2-4-12(10)15/h1-5,7H. The molecule has 0 amide bonds. The predicted octanol–water partition coefficient (Wildman–Crippen LogP) is 4.60. The zero-order chi connectivity index (χ0) is 10.8. The molecule has 0 aliphatic heterocycles. The molecule has 0 unspecified atom stereocenters. The van der Waals surface area contributed by atoms with Crippen LogP contribution in [0.5, 0.6) is 0 Å². The first-order valence-corrected chi connectivity index (χ1v) is 5.05. The quantitative estimate of drug-likeness (QED) is 0.683. The Morgan fingerprint density at radius 1 is 1.13 bits per heavy atom. The lowest BCUT2D eigenvalue weighted by Gasteiger charge is -2.05. The summed E-state index contributed by atoms with van der Waals surface area (Å²) in [6.45, 7) is 0. The van der Waals surface area contributed by atoms with E-state index in [0.29, 0.717) is 21.2 Å². The molecule has 0 aliphatic rings. The van der Waals surface area contributed by atoms with E-state index in [-0.39, 0.29) is 5.82 Å². The fourth-order valence-electron chi connectivity index (χ4n) is 1.32. The van der Waals surface area contributed by atoms with Crippen LogP contribution < -0.4 is 0 Å². The van der Waals surface area contributed by atoms with Crippen LogP contribution in [0.2, 0.25) is 10.0 Å². The van der Waals surface area contributed by atoms with Crippen LogP contribution in [0.3, 0.4) is 0 Å². The van der Waals surface area contributed by atoms with Gasteiger partial charge in [-0.25, -0.2) is 4.39 Å². The fourth-order valence-corrected chi connectivity index (χ4v) is 1.81. The summed E-state index contributed by atoms with van der Waals surface area (Å²) >= 11 is 11.7. The monoisotopic (exact) mass is 239 g/mol. The highest BCUT2D eigenvalue weighted by Gasteiger charge is 2.08. The van der Waals surface area contributed by atoms with Gasteiger partial charge in [-0.15, -0.1) is 0 Å². The molecule has 2 aromatic rings. The van der Waals surface area contributed by atoms with Crippen molar-refractivity contribution in [2.45, 2.75) is 0 Å². The van der Waals surface area contributed by atoms with Crippen molar-refractivity contribution in [3.63, 3.8) is 0 Å². The average molecular weight is 240 g/mol. The molecule has 2 aromatic carbocycles. The number of hydrogen-bond donors (Lipinski definition) is 0. The summed E-state index contributed by atoms with van der Waals surface area (Å²) < 4.78 is 13.4. The summed E-state index contributed by atoms with van der Waals surface area (Å²) in [5.41, 5.74) is 0.957. The maximum atomic E-state index is 13.4. The molecule has 0 aromatic heterocycles. The molecule has 3 heteroatoms. The minimum absolute atomic E-state index is 0.321. The van der Waals surface area contributed by atoms with Crippen molar-refractivity contribution in [3.05, 3.63) is 58.3 Å². The van der Waals surface area contributed by atoms with Gasteiger partial charge in [0.25, 0.3) is 0 Å². The van der Waals surface area contributed by atoms with Crippen molar-refractivity contribution in [3.8, 4) is 11.1 Å². The Morgan fingerprint density at radius 3 is 2.53 bits per heavy atom. The van der Waals surface area contributed by atoms with Gasteiger partial charge >= 0.3 is 0 Å². The second-order valence-electron chi connectivity index (χ2n) is 3.02. The van der Waals surface area contributed by atoms with E-state index in [1.165, 1.54) is 6.07 Å². The van der Waals surface area contributed by atoms with Gasteiger partial charge in [0, 0.05) is 16.1 Å². The minimum Gasteiger partial charge on any atom is -0.206 e. The van der Waals surface area contributed by atoms with E-state index in [0.717, 1.165) is 0 Å². The van der Waals surface area contributed by atoms with Crippen LogP contribution in [0.15, 0.2) is 36.4 Å². The van der Waals surface area contributed by atoms with Crippen LogP contribution in [-0.2, 0) is 0 Å². The van der Waals surface area contributed by atoms with E-state index in [4.69, 9.17) is 23.2 Å². The molecule has 0 atom stereocenters. The van der Waals surface area contributed by atoms with E-state index >= 15 is 0 Å². The average Bonchev–Trinajstić information content (AvgIpc) is 2.20. The van der Waals surface area contributed by atoms with Crippen molar-refractivity contribution in [2.75, 3.05) is 0 Å². The lowest BCUT2D eigenvalue weighted by molar-refractivity contribution is 0.631. The Labute approximate surface area is 97.3 Å². The largest absolute Gasteiger partial charge is 0.206 e. The van der Waals surface area contributed by atoms with Gasteiger partial charge in [-0.2, -0.15) is 0 Å². The van der Waals surface area contributed by atoms with Gasteiger partial charge in [0.15, 0.2) is 0 Å². The Morgan fingerprint density at radius 2 is 1.87 bits per heavy atom. The number of halogens is 3. The summed E-state index contributed by atoms with van der Waals surface area (Å²) in [4.78, 5) is 0. The van der Waals surface area contributed by atoms with E-state index in [2.05, 4.69) is 6.07 Å². The third-order valence-electron chi connectivity index (χ3n) is 2.00. The lowest BCUT2D eigenvalue weighted by Crippen LogP contribution is -1.84. The summed E-state index contributed by atoms with van der Waals surface area (Å²) in [6, 6.07) is 12.4. The molecule has 0 heterocycles. The maximum Gasteiger partial charge on any atom is 0.131 e. The van der Waals surface area contributed by atoms with E-state index < -0.39 is 0 Å². The van der Waals surface area contributed by atoms with E-state index in [9.17, 15) is 4.39 Å². The minimum atomic E-state index is -0.321. The Kier molecular flexibility index (Phi) is 2.94. The van der Waals surface area contributed by atoms with Gasteiger partial charge < -0.3 is 0 Å². The molecular formula is C12H6Cl2F. The molecule has 15 heavy (non-hydrogen) atoms. The molecule has 0 aliphatic carbocycles. The third-order valence-corrected chi connectivity index (χ3v) is 2.52. The SMILES string of the molecule is Fc1ccccc1-c1[c]cc(Cl)cc1Cl. The van der Waals surface area contributed by atoms with E-state index in [1.807, 2.05) is 0 Å². The van der Waals surface area contributed by atoms with Gasteiger partial charge in [-0.05, 0) is 24.3 Å². The number of hydrogen-bond acceptors (Lipinski definition) is 0. The van der Waals surface area contributed by atoms with Crippen molar-refractivity contribution in [2.24, 2.45) is 0 Å². The summed E-state index contributed by atoms with van der Waals surface area (Å²) in [7, 11) is 0. The zero-order valence-corrected chi connectivity index (χ0v) is 9.11. The zero-order valence-electron chi connectivity index (χ0n) is 7.60. The highest BCUT2D eigenvalue weighted by molar-refractivity contribution is 6.36. The van der Waals surface area contributed by atoms with Crippen LogP contribution in [-0.4, -0.2) is 0 Å². The van der Waals surface area contributed by atoms with Gasteiger partial charge in [0.05, 0.1) is 5.02 Å². The predicted molar refractivity (Wildman–Crippen MR) is 60.7 cm³/mol. The van der Waals surface area contributed by atoms with Crippen LogP contribution in [0.25, 0.3) is 11.1 Å². The highest BCUT2D eigenvalue weighted by Crippen LogP contribution is 2.31. The van der Waals surface area contributed by atoms with Gasteiger partial charge in [0.1, 0.15) is 5.82 Å². The smallest absolute Gasteiger partial charge is 0.131 e. The first-order chi connectivity index (χ1) is 7.18. The third kappa shape index (κ3) is 2.14. The van der Waals surface area contributed by atoms with Crippen LogP contribution in [0.1, 0.15) is 0 Å². The summed E-state index contributed by atoms with van der Waals surface area (Å²) in [6.07, 6.45) is 0. The first kappa shape index (κ1) is 10.5. The first-order valence-electron chi connectivity index (χ1n) is 4.30. The maximum absolute atomic E-state index is 13.4. The molecule has 1 radical (unpaired) electrons. The summed E-state index contributed by atoms with van der Waals surface area (Å²) in [5.74, 6) is -0.321. The Bertz CT molecular complexity index is 495. The van der Waals surface area contributed by atoms with Crippen molar-refractivity contribution < 1.29 is 4.39 Å². The molecule has 0 saturated carbocycles. The molecule has 0 nitrogen and oxygen atoms in total. The Balaban J connectivity index is 2.60. The molecule has 0 fully saturated rings. The second-order valence-corrected chi connectivity index (χ2v) is 3.86. The second kappa shape index (κ2) is 4.21. The van der Waals surface area contributed by atoms with Gasteiger partial charge in [-0.1, -0.05) is 41.4 Å². The van der Waals surface area contributed by atoms with Crippen LogP contribution in [0, 0.1) is 11.9 Å². The van der Waals surface area contributed by atoms with Gasteiger partial charge in [-0.3, -0.25) is 0 Å². The van der Waals surface area contributed by atoms with Crippen molar-refractivity contribution in [1.29, 1.82) is 0 Å². The fraction of sp³-hybridized carbons (Fsp3) is 0. The highest BCUT2D eigenvalue weighted by atomic mass is 35.5. The molecular weight excluding hydrogens is 234 g/mol. The molecule has 2 rings (SSSR count). The molecule has 0 spiro atoms. The Hall–Kier alpha value is -1.05. The van der Waals surface area contributed by atoms with Gasteiger partial charge in [0.2, 0.25) is 0 Å². The summed E-state index contributed by atoms with van der Waals surface area (Å²) in [5, 5.41) is 0.882. The topological polar surface area (TPSA) is 0 Å². The van der Waals surface area contributed by atoms with Crippen LogP contribution >= 0.6 is 23.2 Å². The van der Waals surface area contributed by atoms with Crippen LogP contribution in [0.4, 0.5) is 4.39 Å².